The van der Waals surface area contributed by atoms with E-state index in [2.05, 4.69) is 25.8 Å². The molecule has 0 aliphatic carbocycles. The Morgan fingerprint density at radius 2 is 1.71 bits per heavy atom. The van der Waals surface area contributed by atoms with Crippen molar-refractivity contribution < 1.29 is 9.53 Å². The van der Waals surface area contributed by atoms with E-state index in [1.165, 1.54) is 0 Å². The van der Waals surface area contributed by atoms with Gasteiger partial charge in [-0.25, -0.2) is 4.98 Å². The molecule has 0 bridgehead atoms. The molecule has 1 aliphatic heterocycles. The van der Waals surface area contributed by atoms with Crippen molar-refractivity contribution in [1.29, 1.82) is 0 Å². The zero-order valence-corrected chi connectivity index (χ0v) is 16.9. The number of rotatable bonds is 4. The summed E-state index contributed by atoms with van der Waals surface area (Å²) in [5.74, 6) is 2.20. The van der Waals surface area contributed by atoms with Gasteiger partial charge in [0, 0.05) is 36.8 Å². The van der Waals surface area contributed by atoms with Gasteiger partial charge in [0.25, 0.3) is 5.91 Å². The lowest BCUT2D eigenvalue weighted by molar-refractivity contribution is 0.0744. The molecule has 0 N–H and O–H groups in total. The van der Waals surface area contributed by atoms with E-state index in [-0.39, 0.29) is 5.91 Å². The molecule has 6 heteroatoms. The van der Waals surface area contributed by atoms with E-state index in [0.29, 0.717) is 30.2 Å². The number of halogens is 1. The SMILES string of the molecule is O=C(c1ccccc1Oc1cccc(Br)c1)N1CCN(c2ccccn2)CC1. The van der Waals surface area contributed by atoms with Crippen molar-refractivity contribution >= 4 is 27.7 Å². The number of ether oxygens (including phenoxy) is 1. The Kier molecular flexibility index (Phi) is 5.58. The van der Waals surface area contributed by atoms with Crippen LogP contribution < -0.4 is 9.64 Å². The Morgan fingerprint density at radius 3 is 2.46 bits per heavy atom. The summed E-state index contributed by atoms with van der Waals surface area (Å²) in [7, 11) is 0. The topological polar surface area (TPSA) is 45.7 Å². The normalized spacial score (nSPS) is 14.0. The molecular weight excluding hydrogens is 418 g/mol. The summed E-state index contributed by atoms with van der Waals surface area (Å²) in [5.41, 5.74) is 0.578. The van der Waals surface area contributed by atoms with Crippen LogP contribution in [0.25, 0.3) is 0 Å². The van der Waals surface area contributed by atoms with Gasteiger partial charge in [-0.3, -0.25) is 4.79 Å². The van der Waals surface area contributed by atoms with E-state index in [1.54, 1.807) is 6.20 Å². The highest BCUT2D eigenvalue weighted by Crippen LogP contribution is 2.28. The quantitative estimate of drug-likeness (QED) is 0.598. The Labute approximate surface area is 172 Å². The number of hydrogen-bond acceptors (Lipinski definition) is 4. The predicted molar refractivity (Wildman–Crippen MR) is 113 cm³/mol. The average molecular weight is 438 g/mol. The monoisotopic (exact) mass is 437 g/mol. The van der Waals surface area contributed by atoms with Crippen LogP contribution in [0.3, 0.4) is 0 Å². The maximum atomic E-state index is 13.1. The van der Waals surface area contributed by atoms with Gasteiger partial charge < -0.3 is 14.5 Å². The highest BCUT2D eigenvalue weighted by atomic mass is 79.9. The fourth-order valence-corrected chi connectivity index (χ4v) is 3.62. The summed E-state index contributed by atoms with van der Waals surface area (Å²) < 4.78 is 6.92. The van der Waals surface area contributed by atoms with Gasteiger partial charge in [0.1, 0.15) is 17.3 Å². The number of benzene rings is 2. The average Bonchev–Trinajstić information content (AvgIpc) is 2.74. The molecule has 0 radical (unpaired) electrons. The second-order valence-corrected chi connectivity index (χ2v) is 7.44. The number of carbonyl (C=O) groups excluding carboxylic acids is 1. The minimum Gasteiger partial charge on any atom is -0.456 e. The van der Waals surface area contributed by atoms with Crippen LogP contribution in [0.1, 0.15) is 10.4 Å². The standard InChI is InChI=1S/C22H20BrN3O2/c23-17-6-5-7-18(16-17)28-20-9-2-1-8-19(20)22(27)26-14-12-25(13-15-26)21-10-3-4-11-24-21/h1-11,16H,12-15H2. The first-order chi connectivity index (χ1) is 13.7. The predicted octanol–water partition coefficient (Wildman–Crippen LogP) is 4.60. The number of carbonyl (C=O) groups is 1. The minimum atomic E-state index is -0.00809. The summed E-state index contributed by atoms with van der Waals surface area (Å²) in [6.07, 6.45) is 1.79. The molecule has 2 aromatic carbocycles. The number of aromatic nitrogens is 1. The summed E-state index contributed by atoms with van der Waals surface area (Å²) in [6, 6.07) is 20.9. The first-order valence-corrected chi connectivity index (χ1v) is 9.98. The van der Waals surface area contributed by atoms with Gasteiger partial charge in [-0.1, -0.05) is 40.2 Å². The fourth-order valence-electron chi connectivity index (χ4n) is 3.24. The molecule has 28 heavy (non-hydrogen) atoms. The summed E-state index contributed by atoms with van der Waals surface area (Å²) in [4.78, 5) is 21.6. The van der Waals surface area contributed by atoms with E-state index in [1.807, 2.05) is 71.6 Å². The fraction of sp³-hybridized carbons (Fsp3) is 0.182. The molecule has 1 fully saturated rings. The Hall–Kier alpha value is -2.86. The van der Waals surface area contributed by atoms with Crippen LogP contribution in [0, 0.1) is 0 Å². The molecule has 0 atom stereocenters. The molecule has 1 saturated heterocycles. The maximum absolute atomic E-state index is 13.1. The van der Waals surface area contributed by atoms with E-state index in [9.17, 15) is 4.79 Å². The van der Waals surface area contributed by atoms with Gasteiger partial charge >= 0.3 is 0 Å². The summed E-state index contributed by atoms with van der Waals surface area (Å²) in [6.45, 7) is 2.83. The van der Waals surface area contributed by atoms with Crippen molar-refractivity contribution in [2.45, 2.75) is 0 Å². The number of anilines is 1. The number of piperazine rings is 1. The highest BCUT2D eigenvalue weighted by Gasteiger charge is 2.24. The van der Waals surface area contributed by atoms with E-state index < -0.39 is 0 Å². The number of para-hydroxylation sites is 1. The van der Waals surface area contributed by atoms with Gasteiger partial charge in [-0.15, -0.1) is 0 Å². The third kappa shape index (κ3) is 4.17. The van der Waals surface area contributed by atoms with E-state index >= 15 is 0 Å². The molecule has 1 aliphatic rings. The molecule has 0 saturated carbocycles. The molecule has 1 amide bonds. The van der Waals surface area contributed by atoms with Gasteiger partial charge in [-0.05, 0) is 42.5 Å². The van der Waals surface area contributed by atoms with Crippen molar-refractivity contribution in [1.82, 2.24) is 9.88 Å². The highest BCUT2D eigenvalue weighted by molar-refractivity contribution is 9.10. The van der Waals surface area contributed by atoms with Gasteiger partial charge in [0.05, 0.1) is 5.56 Å². The molecule has 142 valence electrons. The van der Waals surface area contributed by atoms with Crippen LogP contribution in [-0.4, -0.2) is 42.0 Å². The second kappa shape index (κ2) is 8.44. The van der Waals surface area contributed by atoms with Crippen LogP contribution in [-0.2, 0) is 0 Å². The largest absolute Gasteiger partial charge is 0.456 e. The van der Waals surface area contributed by atoms with Crippen molar-refractivity contribution in [2.24, 2.45) is 0 Å². The Balaban J connectivity index is 1.47. The first-order valence-electron chi connectivity index (χ1n) is 9.18. The minimum absolute atomic E-state index is 0.00809. The van der Waals surface area contributed by atoms with Gasteiger partial charge in [0.2, 0.25) is 0 Å². The smallest absolute Gasteiger partial charge is 0.257 e. The Morgan fingerprint density at radius 1 is 0.929 bits per heavy atom. The molecule has 3 aromatic rings. The van der Waals surface area contributed by atoms with Crippen molar-refractivity contribution in [3.8, 4) is 11.5 Å². The maximum Gasteiger partial charge on any atom is 0.257 e. The number of hydrogen-bond donors (Lipinski definition) is 0. The molecular formula is C22H20BrN3O2. The number of nitrogens with zero attached hydrogens (tertiary/aromatic N) is 3. The number of pyridine rings is 1. The molecule has 1 aromatic heterocycles. The lowest BCUT2D eigenvalue weighted by atomic mass is 10.1. The molecule has 4 rings (SSSR count). The number of amides is 1. The van der Waals surface area contributed by atoms with Crippen LogP contribution in [0.4, 0.5) is 5.82 Å². The van der Waals surface area contributed by atoms with Crippen LogP contribution >= 0.6 is 15.9 Å². The van der Waals surface area contributed by atoms with Crippen LogP contribution in [0.5, 0.6) is 11.5 Å². The molecule has 0 spiro atoms. The van der Waals surface area contributed by atoms with Crippen molar-refractivity contribution in [3.05, 3.63) is 83.0 Å². The molecule has 0 unspecified atom stereocenters. The van der Waals surface area contributed by atoms with Crippen LogP contribution in [0.2, 0.25) is 0 Å². The lowest BCUT2D eigenvalue weighted by Gasteiger charge is -2.35. The molecule has 5 nitrogen and oxygen atoms in total. The van der Waals surface area contributed by atoms with Crippen molar-refractivity contribution in [2.75, 3.05) is 31.1 Å². The van der Waals surface area contributed by atoms with Crippen LogP contribution in [0.15, 0.2) is 77.4 Å². The molecule has 2 heterocycles. The van der Waals surface area contributed by atoms with Gasteiger partial charge in [-0.2, -0.15) is 0 Å². The lowest BCUT2D eigenvalue weighted by Crippen LogP contribution is -2.49. The van der Waals surface area contributed by atoms with Gasteiger partial charge in [0.15, 0.2) is 0 Å². The van der Waals surface area contributed by atoms with E-state index in [4.69, 9.17) is 4.74 Å². The van der Waals surface area contributed by atoms with Crippen molar-refractivity contribution in [3.63, 3.8) is 0 Å². The Bertz CT molecular complexity index is 957. The summed E-state index contributed by atoms with van der Waals surface area (Å²) in [5, 5.41) is 0. The first kappa shape index (κ1) is 18.5. The zero-order valence-electron chi connectivity index (χ0n) is 15.3. The second-order valence-electron chi connectivity index (χ2n) is 6.52. The van der Waals surface area contributed by atoms with E-state index in [0.717, 1.165) is 23.4 Å². The third-order valence-electron chi connectivity index (χ3n) is 4.68. The third-order valence-corrected chi connectivity index (χ3v) is 5.17. The summed E-state index contributed by atoms with van der Waals surface area (Å²) >= 11 is 3.45. The zero-order chi connectivity index (χ0) is 19.3.